The van der Waals surface area contributed by atoms with Gasteiger partial charge in [0.15, 0.2) is 0 Å². The number of nitrogens with zero attached hydrogens (tertiary/aromatic N) is 2. The number of nitrogens with one attached hydrogen (secondary N) is 1. The third-order valence-corrected chi connectivity index (χ3v) is 4.99. The van der Waals surface area contributed by atoms with Crippen molar-refractivity contribution in [2.24, 2.45) is 5.92 Å². The molecular weight excluding hydrogens is 354 g/mol. The first-order valence-corrected chi connectivity index (χ1v) is 9.71. The Labute approximate surface area is 165 Å². The Hall–Kier alpha value is -0.850. The van der Waals surface area contributed by atoms with Crippen LogP contribution in [0.25, 0.3) is 0 Å². The minimum atomic E-state index is -0.783. The van der Waals surface area contributed by atoms with Gasteiger partial charge in [0.05, 0.1) is 13.1 Å². The van der Waals surface area contributed by atoms with Gasteiger partial charge in [0, 0.05) is 18.6 Å². The van der Waals surface area contributed by atoms with E-state index in [0.29, 0.717) is 18.5 Å². The number of likely N-dealkylation sites (tertiary alicyclic amines) is 1. The molecule has 154 valence electrons. The topological polar surface area (TPSA) is 72.9 Å². The lowest BCUT2D eigenvalue weighted by Gasteiger charge is -2.25. The van der Waals surface area contributed by atoms with Gasteiger partial charge in [-0.1, -0.05) is 26.7 Å². The Morgan fingerprint density at radius 2 is 1.88 bits per heavy atom. The SMILES string of the molecule is CC(C)CCCC(C)NC(=O)CN1CCCC(N(C)CC(=O)O)CC1.Cl. The molecule has 0 spiro atoms. The van der Waals surface area contributed by atoms with Crippen molar-refractivity contribution >= 4 is 24.3 Å². The van der Waals surface area contributed by atoms with Crippen LogP contribution in [0.15, 0.2) is 0 Å². The van der Waals surface area contributed by atoms with Gasteiger partial charge < -0.3 is 10.4 Å². The smallest absolute Gasteiger partial charge is 0.317 e. The van der Waals surface area contributed by atoms with E-state index in [-0.39, 0.29) is 30.9 Å². The number of hydrogen-bond acceptors (Lipinski definition) is 4. The van der Waals surface area contributed by atoms with E-state index in [1.54, 1.807) is 0 Å². The van der Waals surface area contributed by atoms with E-state index in [1.165, 1.54) is 6.42 Å². The summed E-state index contributed by atoms with van der Waals surface area (Å²) in [6.45, 7) is 8.82. The quantitative estimate of drug-likeness (QED) is 0.598. The zero-order chi connectivity index (χ0) is 18.8. The molecule has 1 fully saturated rings. The van der Waals surface area contributed by atoms with Crippen LogP contribution < -0.4 is 5.32 Å². The standard InChI is InChI=1S/C19H37N3O3.ClH/c1-15(2)7-5-8-16(3)20-18(23)13-22-11-6-9-17(10-12-22)21(4)14-19(24)25;/h15-17H,5-14H2,1-4H3,(H,20,23)(H,24,25);1H. The monoisotopic (exact) mass is 391 g/mol. The van der Waals surface area contributed by atoms with Crippen molar-refractivity contribution in [2.45, 2.75) is 71.4 Å². The summed E-state index contributed by atoms with van der Waals surface area (Å²) in [7, 11) is 1.87. The number of amides is 1. The molecule has 1 heterocycles. The number of rotatable bonds is 10. The summed E-state index contributed by atoms with van der Waals surface area (Å²) in [5.74, 6) is 0.0380. The van der Waals surface area contributed by atoms with Crippen molar-refractivity contribution in [1.82, 2.24) is 15.1 Å². The van der Waals surface area contributed by atoms with Gasteiger partial charge in [-0.25, -0.2) is 0 Å². The number of halogens is 1. The van der Waals surface area contributed by atoms with E-state index >= 15 is 0 Å². The zero-order valence-corrected chi connectivity index (χ0v) is 17.7. The molecule has 0 aromatic heterocycles. The van der Waals surface area contributed by atoms with Crippen LogP contribution in [0.5, 0.6) is 0 Å². The molecule has 0 aromatic carbocycles. The highest BCUT2D eigenvalue weighted by atomic mass is 35.5. The van der Waals surface area contributed by atoms with Crippen molar-refractivity contribution in [3.8, 4) is 0 Å². The summed E-state index contributed by atoms with van der Waals surface area (Å²) in [5, 5.41) is 12.0. The number of aliphatic carboxylic acids is 1. The minimum absolute atomic E-state index is 0. The van der Waals surface area contributed by atoms with Crippen LogP contribution in [0.1, 0.15) is 59.3 Å². The van der Waals surface area contributed by atoms with Crippen LogP contribution in [-0.2, 0) is 9.59 Å². The van der Waals surface area contributed by atoms with E-state index in [1.807, 2.05) is 11.9 Å². The maximum Gasteiger partial charge on any atom is 0.317 e. The second-order valence-corrected chi connectivity index (χ2v) is 7.96. The van der Waals surface area contributed by atoms with E-state index in [0.717, 1.165) is 45.2 Å². The van der Waals surface area contributed by atoms with Crippen LogP contribution >= 0.6 is 12.4 Å². The second kappa shape index (κ2) is 13.3. The molecule has 1 amide bonds. The molecule has 0 aliphatic carbocycles. The second-order valence-electron chi connectivity index (χ2n) is 7.96. The normalized spacial score (nSPS) is 19.7. The third-order valence-electron chi connectivity index (χ3n) is 4.99. The van der Waals surface area contributed by atoms with Crippen LogP contribution in [0.2, 0.25) is 0 Å². The highest BCUT2D eigenvalue weighted by molar-refractivity contribution is 5.85. The van der Waals surface area contributed by atoms with Gasteiger partial charge in [-0.15, -0.1) is 12.4 Å². The molecule has 1 saturated heterocycles. The number of likely N-dealkylation sites (N-methyl/N-ethyl adjacent to an activating group) is 1. The highest BCUT2D eigenvalue weighted by Crippen LogP contribution is 2.15. The summed E-state index contributed by atoms with van der Waals surface area (Å²) in [4.78, 5) is 27.2. The van der Waals surface area contributed by atoms with Gasteiger partial charge in [0.2, 0.25) is 5.91 Å². The molecule has 0 radical (unpaired) electrons. The van der Waals surface area contributed by atoms with Gasteiger partial charge in [-0.3, -0.25) is 19.4 Å². The summed E-state index contributed by atoms with van der Waals surface area (Å²) < 4.78 is 0. The summed E-state index contributed by atoms with van der Waals surface area (Å²) >= 11 is 0. The minimum Gasteiger partial charge on any atom is -0.480 e. The van der Waals surface area contributed by atoms with Gasteiger partial charge in [0.25, 0.3) is 0 Å². The molecule has 2 unspecified atom stereocenters. The Kier molecular flexibility index (Phi) is 12.9. The number of carboxylic acid groups (broad SMARTS) is 1. The van der Waals surface area contributed by atoms with E-state index < -0.39 is 5.97 Å². The zero-order valence-electron chi connectivity index (χ0n) is 16.9. The van der Waals surface area contributed by atoms with Gasteiger partial charge in [0.1, 0.15) is 0 Å². The van der Waals surface area contributed by atoms with Crippen molar-refractivity contribution < 1.29 is 14.7 Å². The molecule has 1 aliphatic heterocycles. The lowest BCUT2D eigenvalue weighted by molar-refractivity contribution is -0.138. The molecule has 1 rings (SSSR count). The van der Waals surface area contributed by atoms with Crippen LogP contribution in [0.3, 0.4) is 0 Å². The molecule has 0 saturated carbocycles. The number of carbonyl (C=O) groups is 2. The van der Waals surface area contributed by atoms with Crippen molar-refractivity contribution in [3.05, 3.63) is 0 Å². The summed E-state index contributed by atoms with van der Waals surface area (Å²) in [6, 6.07) is 0.520. The maximum absolute atomic E-state index is 12.3. The van der Waals surface area contributed by atoms with E-state index in [2.05, 4.69) is 31.0 Å². The lowest BCUT2D eigenvalue weighted by Crippen LogP contribution is -2.42. The molecule has 0 aromatic rings. The molecule has 1 aliphatic rings. The van der Waals surface area contributed by atoms with Gasteiger partial charge >= 0.3 is 5.97 Å². The number of carboxylic acids is 1. The van der Waals surface area contributed by atoms with Crippen LogP contribution in [0, 0.1) is 5.92 Å². The Morgan fingerprint density at radius 3 is 2.50 bits per heavy atom. The Morgan fingerprint density at radius 1 is 1.19 bits per heavy atom. The van der Waals surface area contributed by atoms with Crippen molar-refractivity contribution in [3.63, 3.8) is 0 Å². The van der Waals surface area contributed by atoms with Crippen molar-refractivity contribution in [1.29, 1.82) is 0 Å². The van der Waals surface area contributed by atoms with Gasteiger partial charge in [-0.05, 0) is 52.1 Å². The molecule has 2 atom stereocenters. The predicted molar refractivity (Wildman–Crippen MR) is 108 cm³/mol. The first kappa shape index (κ1) is 25.1. The fourth-order valence-electron chi connectivity index (χ4n) is 3.51. The summed E-state index contributed by atoms with van der Waals surface area (Å²) in [6.07, 6.45) is 6.31. The fourth-order valence-corrected chi connectivity index (χ4v) is 3.51. The number of hydrogen-bond donors (Lipinski definition) is 2. The largest absolute Gasteiger partial charge is 0.480 e. The Balaban J connectivity index is 0.00000625. The van der Waals surface area contributed by atoms with Gasteiger partial charge in [-0.2, -0.15) is 0 Å². The first-order valence-electron chi connectivity index (χ1n) is 9.71. The third kappa shape index (κ3) is 11.0. The predicted octanol–water partition coefficient (Wildman–Crippen LogP) is 2.61. The molecule has 0 bridgehead atoms. The number of carbonyl (C=O) groups excluding carboxylic acids is 1. The lowest BCUT2D eigenvalue weighted by atomic mass is 10.0. The fraction of sp³-hybridized carbons (Fsp3) is 0.895. The van der Waals surface area contributed by atoms with Crippen LogP contribution in [-0.4, -0.2) is 72.1 Å². The molecule has 7 heteroatoms. The molecule has 26 heavy (non-hydrogen) atoms. The Bertz CT molecular complexity index is 421. The highest BCUT2D eigenvalue weighted by Gasteiger charge is 2.22. The average Bonchev–Trinajstić information content (AvgIpc) is 2.71. The first-order chi connectivity index (χ1) is 11.8. The molecule has 6 nitrogen and oxygen atoms in total. The van der Waals surface area contributed by atoms with Crippen molar-refractivity contribution in [2.75, 3.05) is 33.2 Å². The molecule has 2 N–H and O–H groups in total. The van der Waals surface area contributed by atoms with E-state index in [4.69, 9.17) is 5.11 Å². The summed E-state index contributed by atoms with van der Waals surface area (Å²) in [5.41, 5.74) is 0. The van der Waals surface area contributed by atoms with E-state index in [9.17, 15) is 9.59 Å². The maximum atomic E-state index is 12.3. The molecular formula is C19H38ClN3O3. The van der Waals surface area contributed by atoms with Crippen LogP contribution in [0.4, 0.5) is 0 Å². The average molecular weight is 392 g/mol.